The zero-order valence-electron chi connectivity index (χ0n) is 29.4. The fourth-order valence-corrected chi connectivity index (χ4v) is 4.98. The molecule has 0 fully saturated rings. The molecule has 0 atom stereocenters. The first-order valence-corrected chi connectivity index (χ1v) is 15.4. The number of hydrogen-bond acceptors (Lipinski definition) is 0. The van der Waals surface area contributed by atoms with Crippen molar-refractivity contribution in [1.82, 2.24) is 27.4 Å². The summed E-state index contributed by atoms with van der Waals surface area (Å²) in [5.74, 6) is 7.53. The number of rotatable bonds is 6. The maximum atomic E-state index is 2.23. The van der Waals surface area contributed by atoms with Crippen molar-refractivity contribution >= 4 is 0 Å². The van der Waals surface area contributed by atoms with Crippen LogP contribution < -0.4 is 27.4 Å². The van der Waals surface area contributed by atoms with Crippen molar-refractivity contribution in [2.45, 2.75) is 83.8 Å². The molecule has 0 aliphatic carbocycles. The third-order valence-corrected chi connectivity index (χ3v) is 9.29. The standard InChI is InChI=1S/3C11H18N4.3CH4/c3*1-10-12(3)5-7-14(10)9-15-8-6-13(4)11(15)2;;;/h3*5-8H,9H2,1-4H3;3*1H4/q3*+2;;;. The minimum atomic E-state index is 0. The van der Waals surface area contributed by atoms with Gasteiger partial charge in [-0.25, -0.2) is 27.4 Å². The zero-order valence-corrected chi connectivity index (χ0v) is 29.4. The molecule has 6 aromatic heterocycles. The van der Waals surface area contributed by atoms with Gasteiger partial charge in [-0.1, -0.05) is 22.3 Å². The summed E-state index contributed by atoms with van der Waals surface area (Å²) in [5, 5.41) is 0. The second kappa shape index (κ2) is 17.4. The van der Waals surface area contributed by atoms with Gasteiger partial charge in [0.15, 0.2) is 0 Å². The van der Waals surface area contributed by atoms with Gasteiger partial charge >= 0.3 is 0 Å². The summed E-state index contributed by atoms with van der Waals surface area (Å²) in [4.78, 5) is 0. The summed E-state index contributed by atoms with van der Waals surface area (Å²) in [7, 11) is 12.4. The highest BCUT2D eigenvalue weighted by Crippen LogP contribution is 2.00. The summed E-state index contributed by atoms with van der Waals surface area (Å²) in [6.07, 6.45) is 25.1. The van der Waals surface area contributed by atoms with E-state index in [0.29, 0.717) is 0 Å². The van der Waals surface area contributed by atoms with E-state index in [2.05, 4.69) is 213 Å². The van der Waals surface area contributed by atoms with Gasteiger partial charge in [-0.05, 0) is 0 Å². The third kappa shape index (κ3) is 9.20. The lowest BCUT2D eigenvalue weighted by molar-refractivity contribution is -0.678. The Hall–Kier alpha value is -4.74. The van der Waals surface area contributed by atoms with Gasteiger partial charge in [-0.2, -0.15) is 27.4 Å². The van der Waals surface area contributed by atoms with Crippen LogP contribution in [0.25, 0.3) is 0 Å². The molecule has 0 aromatic carbocycles. The molecule has 12 heteroatoms. The first-order valence-electron chi connectivity index (χ1n) is 15.4. The highest BCUT2D eigenvalue weighted by molar-refractivity contribution is 4.87. The first-order chi connectivity index (χ1) is 21.3. The van der Waals surface area contributed by atoms with E-state index in [9.17, 15) is 0 Å². The Balaban J connectivity index is 0.000000349. The molecule has 6 aromatic rings. The average Bonchev–Trinajstić information content (AvgIpc) is 3.85. The fraction of sp³-hybridized carbons (Fsp3) is 0.500. The zero-order chi connectivity index (χ0) is 33.0. The van der Waals surface area contributed by atoms with E-state index in [4.69, 9.17) is 0 Å². The lowest BCUT2D eigenvalue weighted by atomic mass is 10.6. The van der Waals surface area contributed by atoms with Crippen molar-refractivity contribution in [1.29, 1.82) is 0 Å². The molecule has 0 aliphatic rings. The Labute approximate surface area is 289 Å². The van der Waals surface area contributed by atoms with Crippen molar-refractivity contribution in [3.05, 3.63) is 109 Å². The van der Waals surface area contributed by atoms with Crippen molar-refractivity contribution < 1.29 is 27.4 Å². The molecule has 0 spiro atoms. The van der Waals surface area contributed by atoms with Crippen molar-refractivity contribution in [2.24, 2.45) is 42.3 Å². The van der Waals surface area contributed by atoms with Gasteiger partial charge in [-0.3, -0.25) is 0 Å². The van der Waals surface area contributed by atoms with E-state index in [1.807, 2.05) is 0 Å². The Bertz CT molecular complexity index is 1520. The molecule has 48 heavy (non-hydrogen) atoms. The molecule has 0 amide bonds. The average molecular weight is 667 g/mol. The molecule has 0 N–H and O–H groups in total. The molecule has 0 aliphatic heterocycles. The van der Waals surface area contributed by atoms with Gasteiger partial charge in [-0.15, -0.1) is 0 Å². The Morgan fingerprint density at radius 2 is 0.438 bits per heavy atom. The van der Waals surface area contributed by atoms with Crippen LogP contribution in [0.5, 0.6) is 0 Å². The second-order valence-electron chi connectivity index (χ2n) is 12.0. The Morgan fingerprint density at radius 1 is 0.312 bits per heavy atom. The van der Waals surface area contributed by atoms with E-state index in [-0.39, 0.29) is 22.3 Å². The Morgan fingerprint density at radius 3 is 0.521 bits per heavy atom. The van der Waals surface area contributed by atoms with Crippen molar-refractivity contribution in [3.8, 4) is 0 Å². The van der Waals surface area contributed by atoms with Gasteiger partial charge < -0.3 is 0 Å². The van der Waals surface area contributed by atoms with Gasteiger partial charge in [0.2, 0.25) is 20.0 Å². The van der Waals surface area contributed by atoms with E-state index in [0.717, 1.165) is 20.0 Å². The summed E-state index contributed by atoms with van der Waals surface area (Å²) in [6.45, 7) is 15.4. The van der Waals surface area contributed by atoms with Crippen LogP contribution in [-0.2, 0) is 62.3 Å². The minimum absolute atomic E-state index is 0. The fourth-order valence-electron chi connectivity index (χ4n) is 4.98. The highest BCUT2D eigenvalue weighted by Gasteiger charge is 2.17. The number of nitrogens with zero attached hydrogens (tertiary/aromatic N) is 12. The summed E-state index contributed by atoms with van der Waals surface area (Å²) in [6, 6.07) is 0. The molecule has 12 nitrogen and oxygen atoms in total. The molecular weight excluding hydrogens is 600 g/mol. The highest BCUT2D eigenvalue weighted by atomic mass is 15.3. The lowest BCUT2D eigenvalue weighted by Crippen LogP contribution is -2.32. The van der Waals surface area contributed by atoms with Crippen LogP contribution >= 0.6 is 0 Å². The monoisotopic (exact) mass is 667 g/mol. The molecular formula is C36H66N12+6. The first kappa shape index (κ1) is 41.3. The third-order valence-electron chi connectivity index (χ3n) is 9.29. The van der Waals surface area contributed by atoms with Crippen LogP contribution in [0.15, 0.2) is 74.4 Å². The quantitative estimate of drug-likeness (QED) is 0.245. The van der Waals surface area contributed by atoms with Crippen LogP contribution in [-0.4, -0.2) is 27.4 Å². The summed E-state index contributed by atoms with van der Waals surface area (Å²) >= 11 is 0. The molecule has 0 saturated carbocycles. The molecule has 0 bridgehead atoms. The maximum Gasteiger partial charge on any atom is 0.256 e. The number of aromatic nitrogens is 12. The van der Waals surface area contributed by atoms with E-state index < -0.39 is 0 Å². The van der Waals surface area contributed by atoms with Crippen LogP contribution in [0.1, 0.15) is 57.2 Å². The normalized spacial score (nSPS) is 10.2. The molecule has 0 saturated heterocycles. The van der Waals surface area contributed by atoms with Gasteiger partial charge in [0.05, 0.1) is 42.3 Å². The SMILES string of the molecule is C.C.C.Cc1n(Cn2cc[n+](C)c2C)cc[n+]1C.Cc1n(Cn2cc[n+](C)c2C)cc[n+]1C.Cc1n(Cn2cc[n+](C)c2C)cc[n+]1C. The minimum Gasteiger partial charge on any atom is -0.237 e. The smallest absolute Gasteiger partial charge is 0.237 e. The maximum absolute atomic E-state index is 2.23. The van der Waals surface area contributed by atoms with Crippen molar-refractivity contribution in [2.75, 3.05) is 0 Å². The van der Waals surface area contributed by atoms with Crippen LogP contribution in [0.3, 0.4) is 0 Å². The predicted octanol–water partition coefficient (Wildman–Crippen LogP) is 2.09. The van der Waals surface area contributed by atoms with Crippen LogP contribution in [0.2, 0.25) is 0 Å². The largest absolute Gasteiger partial charge is 0.256 e. The number of imidazole rings is 6. The predicted molar refractivity (Wildman–Crippen MR) is 188 cm³/mol. The van der Waals surface area contributed by atoms with Gasteiger partial charge in [0, 0.05) is 41.5 Å². The molecule has 6 rings (SSSR count). The van der Waals surface area contributed by atoms with E-state index in [1.165, 1.54) is 34.9 Å². The van der Waals surface area contributed by atoms with Crippen LogP contribution in [0.4, 0.5) is 0 Å². The van der Waals surface area contributed by atoms with Gasteiger partial charge in [0.25, 0.3) is 34.9 Å². The Kier molecular flexibility index (Phi) is 15.0. The van der Waals surface area contributed by atoms with Crippen LogP contribution in [0, 0.1) is 41.5 Å². The van der Waals surface area contributed by atoms with E-state index >= 15 is 0 Å². The second-order valence-corrected chi connectivity index (χ2v) is 12.0. The topological polar surface area (TPSA) is 52.9 Å². The lowest BCUT2D eigenvalue weighted by Gasteiger charge is -1.97. The number of aryl methyl sites for hydroxylation is 6. The number of hydrogen-bond donors (Lipinski definition) is 0. The van der Waals surface area contributed by atoms with Gasteiger partial charge in [0.1, 0.15) is 74.4 Å². The molecule has 0 unspecified atom stereocenters. The molecule has 0 radical (unpaired) electrons. The summed E-state index contributed by atoms with van der Waals surface area (Å²) < 4.78 is 26.1. The molecule has 264 valence electrons. The van der Waals surface area contributed by atoms with E-state index in [1.54, 1.807) is 0 Å². The van der Waals surface area contributed by atoms with Crippen molar-refractivity contribution in [3.63, 3.8) is 0 Å². The summed E-state index contributed by atoms with van der Waals surface area (Å²) in [5.41, 5.74) is 0. The molecule has 6 heterocycles.